The van der Waals surface area contributed by atoms with Crippen LogP contribution in [0, 0.1) is 5.82 Å². The van der Waals surface area contributed by atoms with Gasteiger partial charge in [-0.15, -0.1) is 0 Å². The third-order valence-corrected chi connectivity index (χ3v) is 7.15. The Morgan fingerprint density at radius 1 is 1.29 bits per heavy atom. The minimum absolute atomic E-state index is 0. The molecule has 1 N–H and O–H groups in total. The first-order valence-corrected chi connectivity index (χ1v) is 12.6. The number of amides is 1. The van der Waals surface area contributed by atoms with Crippen LogP contribution in [0.3, 0.4) is 0 Å². The van der Waals surface area contributed by atoms with Gasteiger partial charge >= 0.3 is 0 Å². The highest BCUT2D eigenvalue weighted by Crippen LogP contribution is 2.40. The first-order valence-electron chi connectivity index (χ1n) is 11.5. The molecule has 2 aliphatic rings. The minimum Gasteiger partial charge on any atom is -0.495 e. The molecule has 204 valence electrons. The number of aromatic nitrogens is 1. The van der Waals surface area contributed by atoms with Gasteiger partial charge in [-0.25, -0.2) is 14.9 Å². The summed E-state index contributed by atoms with van der Waals surface area (Å²) in [7, 11) is 3.36. The van der Waals surface area contributed by atoms with Gasteiger partial charge in [-0.05, 0) is 30.2 Å². The van der Waals surface area contributed by atoms with E-state index in [-0.39, 0.29) is 38.2 Å². The zero-order valence-electron chi connectivity index (χ0n) is 20.6. The van der Waals surface area contributed by atoms with E-state index in [0.29, 0.717) is 52.9 Å². The summed E-state index contributed by atoms with van der Waals surface area (Å²) in [6.45, 7) is 1.02. The molecule has 1 aromatic heterocycles. The molecule has 3 heterocycles. The molecule has 0 aliphatic carbocycles. The van der Waals surface area contributed by atoms with Crippen LogP contribution < -0.4 is 15.1 Å². The van der Waals surface area contributed by atoms with Crippen LogP contribution in [-0.2, 0) is 13.8 Å². The van der Waals surface area contributed by atoms with Gasteiger partial charge in [0.1, 0.15) is 36.7 Å². The van der Waals surface area contributed by atoms with Crippen molar-refractivity contribution < 1.29 is 27.5 Å². The molecule has 1 amide bonds. The second-order valence-corrected chi connectivity index (χ2v) is 9.79. The average Bonchev–Trinajstić information content (AvgIpc) is 3.42. The van der Waals surface area contributed by atoms with Gasteiger partial charge in [-0.1, -0.05) is 28.9 Å². The number of hydrogen-bond donors (Lipinski definition) is 1. The fraction of sp³-hybridized carbons (Fsp3) is 0.333. The standard InChI is InChI=1S/C24H25ClFN5O5S.H2S/c1-29(37-36-28-23-7-9-35-27-23)30-8-6-19-22(13-30)34-14-24(32)31(19)20-12-18(26)17(11-21(20)33-2)15-4-3-5-16(25)10-15;/h3-5,7,9-12,19,22H,6,8,13-14H2,1-2H3,(H,27,28);1H2. The van der Waals surface area contributed by atoms with E-state index in [1.165, 1.54) is 19.4 Å². The van der Waals surface area contributed by atoms with E-state index < -0.39 is 5.82 Å². The molecular weight excluding hydrogens is 557 g/mol. The summed E-state index contributed by atoms with van der Waals surface area (Å²) in [5.41, 5.74) is 4.01. The molecule has 2 fully saturated rings. The van der Waals surface area contributed by atoms with Crippen molar-refractivity contribution in [3.63, 3.8) is 0 Å². The van der Waals surface area contributed by atoms with Crippen molar-refractivity contribution in [2.24, 2.45) is 0 Å². The molecule has 3 aromatic rings. The van der Waals surface area contributed by atoms with Crippen LogP contribution in [0.4, 0.5) is 15.9 Å². The zero-order valence-corrected chi connectivity index (χ0v) is 23.2. The highest BCUT2D eigenvalue weighted by molar-refractivity contribution is 7.92. The molecule has 0 bridgehead atoms. The number of benzene rings is 2. The Kier molecular flexibility index (Phi) is 9.41. The summed E-state index contributed by atoms with van der Waals surface area (Å²) in [4.78, 5) is 14.6. The molecule has 10 nitrogen and oxygen atoms in total. The van der Waals surface area contributed by atoms with Crippen LogP contribution in [0.2, 0.25) is 5.02 Å². The van der Waals surface area contributed by atoms with E-state index in [1.54, 1.807) is 41.3 Å². The van der Waals surface area contributed by atoms with Gasteiger partial charge in [-0.2, -0.15) is 22.2 Å². The first-order chi connectivity index (χ1) is 17.9. The normalized spacial score (nSPS) is 19.7. The predicted octanol–water partition coefficient (Wildman–Crippen LogP) is 4.52. The Labute approximate surface area is 235 Å². The van der Waals surface area contributed by atoms with Crippen LogP contribution in [0.15, 0.2) is 53.3 Å². The van der Waals surface area contributed by atoms with Gasteiger partial charge in [0.15, 0.2) is 5.82 Å². The number of anilines is 2. The lowest BCUT2D eigenvalue weighted by Crippen LogP contribution is -2.63. The number of morpholine rings is 1. The number of fused-ring (bicyclic) bond motifs is 1. The molecule has 2 atom stereocenters. The summed E-state index contributed by atoms with van der Waals surface area (Å²) >= 11 is 7.19. The Balaban J connectivity index is 0.00000336. The third kappa shape index (κ3) is 6.04. The summed E-state index contributed by atoms with van der Waals surface area (Å²) in [6.07, 6.45) is 1.74. The quantitative estimate of drug-likeness (QED) is 0.232. The Hall–Kier alpha value is -2.52. The lowest BCUT2D eigenvalue weighted by Gasteiger charge is -2.47. The summed E-state index contributed by atoms with van der Waals surface area (Å²) in [5, 5.41) is 6.26. The Bertz CT molecular complexity index is 1260. The number of piperidine rings is 1. The Morgan fingerprint density at radius 2 is 2.13 bits per heavy atom. The number of nitrogens with one attached hydrogen (secondary N) is 1. The van der Waals surface area contributed by atoms with E-state index in [9.17, 15) is 4.79 Å². The maximum atomic E-state index is 15.4. The molecule has 14 heteroatoms. The molecule has 2 aromatic carbocycles. The van der Waals surface area contributed by atoms with Gasteiger partial charge in [0, 0.05) is 42.9 Å². The number of halogens is 2. The molecule has 2 unspecified atom stereocenters. The van der Waals surface area contributed by atoms with E-state index in [2.05, 4.69) is 10.6 Å². The zero-order chi connectivity index (χ0) is 25.9. The van der Waals surface area contributed by atoms with Gasteiger partial charge in [0.25, 0.3) is 5.91 Å². The number of hydrazine groups is 1. The molecule has 0 radical (unpaired) electrons. The highest BCUT2D eigenvalue weighted by Gasteiger charge is 2.43. The van der Waals surface area contributed by atoms with Gasteiger partial charge in [0.2, 0.25) is 0 Å². The maximum Gasteiger partial charge on any atom is 0.253 e. The number of ether oxygens (including phenoxy) is 2. The summed E-state index contributed by atoms with van der Waals surface area (Å²) in [6, 6.07) is 11.2. The van der Waals surface area contributed by atoms with E-state index in [1.807, 2.05) is 16.5 Å². The van der Waals surface area contributed by atoms with Crippen LogP contribution in [0.5, 0.6) is 5.75 Å². The second-order valence-electron chi connectivity index (χ2n) is 8.50. The van der Waals surface area contributed by atoms with Crippen molar-refractivity contribution in [1.29, 1.82) is 0 Å². The summed E-state index contributed by atoms with van der Waals surface area (Å²) < 4.78 is 38.8. The van der Waals surface area contributed by atoms with Crippen LogP contribution in [0.25, 0.3) is 11.1 Å². The van der Waals surface area contributed by atoms with Crippen LogP contribution in [0.1, 0.15) is 6.42 Å². The smallest absolute Gasteiger partial charge is 0.253 e. The number of rotatable bonds is 8. The number of nitrogens with zero attached hydrogens (tertiary/aromatic N) is 4. The fourth-order valence-corrected chi connectivity index (χ4v) is 5.21. The SMILES string of the molecule is COc1cc(-c2cccc(Cl)c2)c(F)cc1N1C(=O)COC2CN(N(C)SONc3ccon3)CCC21.S. The monoisotopic (exact) mass is 583 g/mol. The molecule has 2 aliphatic heterocycles. The van der Waals surface area contributed by atoms with Crippen molar-refractivity contribution in [1.82, 2.24) is 14.6 Å². The molecular formula is C24H27ClFN5O5S2. The second kappa shape index (κ2) is 12.6. The average molecular weight is 584 g/mol. The molecule has 2 saturated heterocycles. The molecule has 0 spiro atoms. The topological polar surface area (TPSA) is 92.5 Å². The van der Waals surface area contributed by atoms with Crippen molar-refractivity contribution >= 4 is 54.7 Å². The van der Waals surface area contributed by atoms with Crippen molar-refractivity contribution in [2.45, 2.75) is 18.6 Å². The fourth-order valence-electron chi connectivity index (χ4n) is 4.55. The van der Waals surface area contributed by atoms with Gasteiger partial charge in [-0.3, -0.25) is 4.79 Å². The van der Waals surface area contributed by atoms with Gasteiger partial charge < -0.3 is 18.9 Å². The van der Waals surface area contributed by atoms with Crippen molar-refractivity contribution in [3.05, 3.63) is 59.6 Å². The lowest BCUT2D eigenvalue weighted by molar-refractivity contribution is -0.138. The van der Waals surface area contributed by atoms with Gasteiger partial charge in [0.05, 0.1) is 24.9 Å². The molecule has 38 heavy (non-hydrogen) atoms. The largest absolute Gasteiger partial charge is 0.495 e. The summed E-state index contributed by atoms with van der Waals surface area (Å²) in [5.74, 6) is 0.129. The minimum atomic E-state index is -0.473. The van der Waals surface area contributed by atoms with E-state index in [0.717, 1.165) is 12.2 Å². The number of methoxy groups -OCH3 is 1. The van der Waals surface area contributed by atoms with Crippen LogP contribution in [-0.4, -0.2) is 66.5 Å². The molecule has 5 rings (SSSR count). The van der Waals surface area contributed by atoms with E-state index in [4.69, 9.17) is 29.9 Å². The van der Waals surface area contributed by atoms with Crippen molar-refractivity contribution in [2.75, 3.05) is 44.2 Å². The third-order valence-electron chi connectivity index (χ3n) is 6.32. The van der Waals surface area contributed by atoms with Crippen LogP contribution >= 0.6 is 37.3 Å². The highest BCUT2D eigenvalue weighted by atomic mass is 35.5. The van der Waals surface area contributed by atoms with Crippen molar-refractivity contribution in [3.8, 4) is 16.9 Å². The number of hydrogen-bond acceptors (Lipinski definition) is 10. The lowest BCUT2D eigenvalue weighted by atomic mass is 9.97. The molecule has 0 saturated carbocycles. The number of carbonyl (C=O) groups excluding carboxylic acids is 1. The predicted molar refractivity (Wildman–Crippen MR) is 148 cm³/mol. The maximum absolute atomic E-state index is 15.4. The first kappa shape index (κ1) is 28.5. The number of carbonyl (C=O) groups is 1. The van der Waals surface area contributed by atoms with E-state index >= 15 is 4.39 Å². The Morgan fingerprint density at radius 3 is 2.87 bits per heavy atom.